The molecule has 0 radical (unpaired) electrons. The molecule has 17 heavy (non-hydrogen) atoms. The number of ether oxygens (including phenoxy) is 1. The lowest BCUT2D eigenvalue weighted by molar-refractivity contribution is 0.0141. The van der Waals surface area contributed by atoms with Crippen LogP contribution in [0.3, 0.4) is 0 Å². The molecule has 1 aromatic carbocycles. The summed E-state index contributed by atoms with van der Waals surface area (Å²) in [5.41, 5.74) is -0.642. The van der Waals surface area contributed by atoms with E-state index in [1.54, 1.807) is 7.11 Å². The molecule has 0 aliphatic heterocycles. The van der Waals surface area contributed by atoms with Crippen molar-refractivity contribution in [3.8, 4) is 0 Å². The van der Waals surface area contributed by atoms with Gasteiger partial charge < -0.3 is 4.74 Å². The van der Waals surface area contributed by atoms with E-state index in [1.807, 2.05) is 13.8 Å². The van der Waals surface area contributed by atoms with Crippen molar-refractivity contribution in [1.82, 2.24) is 0 Å². The summed E-state index contributed by atoms with van der Waals surface area (Å²) >= 11 is 0. The van der Waals surface area contributed by atoms with E-state index in [-0.39, 0.29) is 12.0 Å². The Morgan fingerprint density at radius 1 is 1.35 bits per heavy atom. The maximum atomic E-state index is 13.3. The van der Waals surface area contributed by atoms with Gasteiger partial charge in [-0.15, -0.1) is 0 Å². The second-order valence-electron chi connectivity index (χ2n) is 4.51. The molecule has 94 valence electrons. The zero-order valence-electron chi connectivity index (χ0n) is 10.2. The topological polar surface area (TPSA) is 26.3 Å². The number of methoxy groups -OCH3 is 1. The van der Waals surface area contributed by atoms with Crippen LogP contribution in [0.2, 0.25) is 0 Å². The standard InChI is InChI=1S/C13H16F2O2/c1-13(2,17-3)7-6-12(16)10-8-9(14)4-5-11(10)15/h4-5,8H,6-7H2,1-3H3. The maximum absolute atomic E-state index is 13.3. The summed E-state index contributed by atoms with van der Waals surface area (Å²) in [5, 5.41) is 0. The number of hydrogen-bond acceptors (Lipinski definition) is 2. The van der Waals surface area contributed by atoms with Crippen molar-refractivity contribution < 1.29 is 18.3 Å². The Hall–Kier alpha value is -1.29. The number of halogens is 2. The minimum atomic E-state index is -0.688. The van der Waals surface area contributed by atoms with E-state index in [1.165, 1.54) is 0 Å². The van der Waals surface area contributed by atoms with Crippen LogP contribution in [0.5, 0.6) is 0 Å². The number of carbonyl (C=O) groups is 1. The Balaban J connectivity index is 2.74. The Morgan fingerprint density at radius 2 is 2.00 bits per heavy atom. The van der Waals surface area contributed by atoms with Gasteiger partial charge in [-0.25, -0.2) is 8.78 Å². The van der Waals surface area contributed by atoms with Crippen molar-refractivity contribution in [2.75, 3.05) is 7.11 Å². The first-order valence-corrected chi connectivity index (χ1v) is 5.39. The van der Waals surface area contributed by atoms with Crippen molar-refractivity contribution >= 4 is 5.78 Å². The summed E-state index contributed by atoms with van der Waals surface area (Å²) in [6.45, 7) is 3.67. The summed E-state index contributed by atoms with van der Waals surface area (Å²) in [4.78, 5) is 11.7. The Kier molecular flexibility index (Phi) is 4.34. The largest absolute Gasteiger partial charge is 0.379 e. The molecule has 0 saturated carbocycles. The average Bonchev–Trinajstić information content (AvgIpc) is 2.29. The molecule has 0 atom stereocenters. The molecule has 0 aliphatic rings. The van der Waals surface area contributed by atoms with Crippen LogP contribution in [0.4, 0.5) is 8.78 Å². The number of benzene rings is 1. The second-order valence-corrected chi connectivity index (χ2v) is 4.51. The first-order chi connectivity index (χ1) is 7.85. The first kappa shape index (κ1) is 13.8. The monoisotopic (exact) mass is 242 g/mol. The van der Waals surface area contributed by atoms with Crippen LogP contribution in [0, 0.1) is 11.6 Å². The molecule has 1 aromatic rings. The molecule has 4 heteroatoms. The van der Waals surface area contributed by atoms with Crippen molar-refractivity contribution in [3.05, 3.63) is 35.4 Å². The maximum Gasteiger partial charge on any atom is 0.166 e. The highest BCUT2D eigenvalue weighted by atomic mass is 19.1. The average molecular weight is 242 g/mol. The number of carbonyl (C=O) groups excluding carboxylic acids is 1. The van der Waals surface area contributed by atoms with E-state index in [9.17, 15) is 13.6 Å². The predicted molar refractivity (Wildman–Crippen MR) is 61.0 cm³/mol. The van der Waals surface area contributed by atoms with Gasteiger partial charge in [-0.1, -0.05) is 0 Å². The van der Waals surface area contributed by atoms with Gasteiger partial charge in [-0.05, 0) is 38.5 Å². The molecular formula is C13H16F2O2. The highest BCUT2D eigenvalue weighted by Gasteiger charge is 2.20. The van der Waals surface area contributed by atoms with Gasteiger partial charge in [0.25, 0.3) is 0 Å². The molecular weight excluding hydrogens is 226 g/mol. The van der Waals surface area contributed by atoms with Crippen molar-refractivity contribution in [1.29, 1.82) is 0 Å². The molecule has 0 unspecified atom stereocenters. The number of ketones is 1. The van der Waals surface area contributed by atoms with Crippen molar-refractivity contribution in [2.45, 2.75) is 32.3 Å². The molecule has 0 aliphatic carbocycles. The third kappa shape index (κ3) is 3.89. The van der Waals surface area contributed by atoms with Gasteiger partial charge in [0, 0.05) is 13.5 Å². The molecule has 0 saturated heterocycles. The van der Waals surface area contributed by atoms with Gasteiger partial charge in [-0.3, -0.25) is 4.79 Å². The quantitative estimate of drug-likeness (QED) is 0.740. The number of hydrogen-bond donors (Lipinski definition) is 0. The highest BCUT2D eigenvalue weighted by molar-refractivity contribution is 5.96. The molecule has 0 bridgehead atoms. The lowest BCUT2D eigenvalue weighted by Crippen LogP contribution is -2.23. The molecule has 0 heterocycles. The minimum absolute atomic E-state index is 0.126. The summed E-state index contributed by atoms with van der Waals surface area (Å²) in [6.07, 6.45) is 0.583. The Bertz CT molecular complexity index is 414. The highest BCUT2D eigenvalue weighted by Crippen LogP contribution is 2.19. The van der Waals surface area contributed by atoms with E-state index in [0.29, 0.717) is 6.42 Å². The van der Waals surface area contributed by atoms with Crippen LogP contribution >= 0.6 is 0 Å². The first-order valence-electron chi connectivity index (χ1n) is 5.39. The third-order valence-electron chi connectivity index (χ3n) is 2.74. The normalized spacial score (nSPS) is 11.6. The van der Waals surface area contributed by atoms with Gasteiger partial charge in [0.05, 0.1) is 11.2 Å². The van der Waals surface area contributed by atoms with Crippen molar-refractivity contribution in [2.24, 2.45) is 0 Å². The fourth-order valence-electron chi connectivity index (χ4n) is 1.36. The summed E-state index contributed by atoms with van der Waals surface area (Å²) in [7, 11) is 1.55. The van der Waals surface area contributed by atoms with Gasteiger partial charge in [0.1, 0.15) is 11.6 Å². The van der Waals surface area contributed by atoms with E-state index in [4.69, 9.17) is 4.74 Å². The number of Topliss-reactive ketones (excluding diaryl/α,β-unsaturated/α-hetero) is 1. The van der Waals surface area contributed by atoms with Crippen LogP contribution in [0.15, 0.2) is 18.2 Å². The van der Waals surface area contributed by atoms with Crippen LogP contribution in [-0.2, 0) is 4.74 Å². The summed E-state index contributed by atoms with van der Waals surface area (Å²) < 4.78 is 31.4. The predicted octanol–water partition coefficient (Wildman–Crippen LogP) is 3.35. The van der Waals surface area contributed by atoms with Gasteiger partial charge in [0.2, 0.25) is 0 Å². The summed E-state index contributed by atoms with van der Waals surface area (Å²) in [5.74, 6) is -1.71. The van der Waals surface area contributed by atoms with Crippen molar-refractivity contribution in [3.63, 3.8) is 0 Å². The summed E-state index contributed by atoms with van der Waals surface area (Å²) in [6, 6.07) is 2.88. The van der Waals surface area contributed by atoms with E-state index < -0.39 is 23.0 Å². The van der Waals surface area contributed by atoms with Crippen LogP contribution in [0.1, 0.15) is 37.0 Å². The number of rotatable bonds is 5. The Morgan fingerprint density at radius 3 is 2.59 bits per heavy atom. The fourth-order valence-corrected chi connectivity index (χ4v) is 1.36. The molecule has 1 rings (SSSR count). The van der Waals surface area contributed by atoms with Gasteiger partial charge in [-0.2, -0.15) is 0 Å². The van der Waals surface area contributed by atoms with E-state index in [0.717, 1.165) is 18.2 Å². The zero-order valence-corrected chi connectivity index (χ0v) is 10.2. The molecule has 0 fully saturated rings. The fraction of sp³-hybridized carbons (Fsp3) is 0.462. The smallest absolute Gasteiger partial charge is 0.166 e. The lowest BCUT2D eigenvalue weighted by Gasteiger charge is -2.22. The van der Waals surface area contributed by atoms with Gasteiger partial charge >= 0.3 is 0 Å². The van der Waals surface area contributed by atoms with E-state index >= 15 is 0 Å². The Labute approximate surface area is 99.6 Å². The molecule has 0 aromatic heterocycles. The molecule has 0 spiro atoms. The van der Waals surface area contributed by atoms with E-state index in [2.05, 4.69) is 0 Å². The third-order valence-corrected chi connectivity index (χ3v) is 2.74. The lowest BCUT2D eigenvalue weighted by atomic mass is 9.97. The molecule has 0 amide bonds. The second kappa shape index (κ2) is 5.36. The van der Waals surface area contributed by atoms with Crippen LogP contribution in [0.25, 0.3) is 0 Å². The molecule has 2 nitrogen and oxygen atoms in total. The molecule has 0 N–H and O–H groups in total. The van der Waals surface area contributed by atoms with Gasteiger partial charge in [0.15, 0.2) is 5.78 Å². The van der Waals surface area contributed by atoms with Crippen LogP contribution in [-0.4, -0.2) is 18.5 Å². The minimum Gasteiger partial charge on any atom is -0.379 e. The SMILES string of the molecule is COC(C)(C)CCC(=O)c1cc(F)ccc1F. The zero-order chi connectivity index (χ0) is 13.1. The van der Waals surface area contributed by atoms with Crippen LogP contribution < -0.4 is 0 Å².